The SMILES string of the molecule is C#CC(C)OC(=O)CCC(=O)Oc1cccc(CC)c1. The molecule has 0 amide bonds. The van der Waals surface area contributed by atoms with Crippen LogP contribution < -0.4 is 4.74 Å². The maximum atomic E-state index is 11.6. The minimum atomic E-state index is -0.584. The predicted molar refractivity (Wildman–Crippen MR) is 75.1 cm³/mol. The van der Waals surface area contributed by atoms with Gasteiger partial charge in [0.2, 0.25) is 0 Å². The molecule has 0 saturated heterocycles. The molecular weight excluding hydrogens is 256 g/mol. The lowest BCUT2D eigenvalue weighted by Crippen LogP contribution is -2.16. The number of carbonyl (C=O) groups excluding carboxylic acids is 2. The number of hydrogen-bond acceptors (Lipinski definition) is 4. The molecule has 4 nitrogen and oxygen atoms in total. The fourth-order valence-electron chi connectivity index (χ4n) is 1.51. The molecule has 0 aliphatic rings. The molecule has 1 atom stereocenters. The van der Waals surface area contributed by atoms with Crippen LogP contribution in [0.4, 0.5) is 0 Å². The van der Waals surface area contributed by atoms with Gasteiger partial charge < -0.3 is 9.47 Å². The Bertz CT molecular complexity index is 513. The highest BCUT2D eigenvalue weighted by Gasteiger charge is 2.12. The van der Waals surface area contributed by atoms with Gasteiger partial charge in [0.1, 0.15) is 5.75 Å². The smallest absolute Gasteiger partial charge is 0.311 e. The van der Waals surface area contributed by atoms with Crippen LogP contribution in [-0.2, 0) is 20.7 Å². The number of benzene rings is 1. The van der Waals surface area contributed by atoms with Crippen LogP contribution in [0.2, 0.25) is 0 Å². The van der Waals surface area contributed by atoms with Crippen molar-refractivity contribution in [3.63, 3.8) is 0 Å². The van der Waals surface area contributed by atoms with Gasteiger partial charge >= 0.3 is 11.9 Å². The monoisotopic (exact) mass is 274 g/mol. The summed E-state index contributed by atoms with van der Waals surface area (Å²) < 4.78 is 10.0. The molecular formula is C16H18O4. The Kier molecular flexibility index (Phi) is 6.31. The van der Waals surface area contributed by atoms with Gasteiger partial charge in [0.05, 0.1) is 12.8 Å². The third-order valence-electron chi connectivity index (χ3n) is 2.61. The molecule has 20 heavy (non-hydrogen) atoms. The number of rotatable bonds is 6. The van der Waals surface area contributed by atoms with Crippen molar-refractivity contribution >= 4 is 11.9 Å². The number of hydrogen-bond donors (Lipinski definition) is 0. The Morgan fingerprint density at radius 1 is 1.30 bits per heavy atom. The van der Waals surface area contributed by atoms with Crippen LogP contribution in [0.1, 0.15) is 32.3 Å². The van der Waals surface area contributed by atoms with Gasteiger partial charge in [-0.1, -0.05) is 25.0 Å². The molecule has 0 radical (unpaired) electrons. The zero-order valence-corrected chi connectivity index (χ0v) is 11.7. The molecule has 1 aromatic rings. The number of aryl methyl sites for hydroxylation is 1. The quantitative estimate of drug-likeness (QED) is 0.454. The van der Waals surface area contributed by atoms with Crippen LogP contribution in [0.15, 0.2) is 24.3 Å². The normalized spacial score (nSPS) is 11.2. The summed E-state index contributed by atoms with van der Waals surface area (Å²) in [6, 6.07) is 7.28. The second-order valence-electron chi connectivity index (χ2n) is 4.27. The zero-order valence-electron chi connectivity index (χ0n) is 11.7. The topological polar surface area (TPSA) is 52.6 Å². The summed E-state index contributed by atoms with van der Waals surface area (Å²) in [4.78, 5) is 22.9. The average Bonchev–Trinajstić information content (AvgIpc) is 2.45. The third-order valence-corrected chi connectivity index (χ3v) is 2.61. The summed E-state index contributed by atoms with van der Waals surface area (Å²) in [5.41, 5.74) is 1.08. The largest absolute Gasteiger partial charge is 0.449 e. The third kappa shape index (κ3) is 5.57. The Morgan fingerprint density at radius 2 is 2.00 bits per heavy atom. The molecule has 0 N–H and O–H groups in total. The number of ether oxygens (including phenoxy) is 2. The van der Waals surface area contributed by atoms with Crippen molar-refractivity contribution in [1.29, 1.82) is 0 Å². The first-order valence-electron chi connectivity index (χ1n) is 6.50. The van der Waals surface area contributed by atoms with Gasteiger partial charge in [0.15, 0.2) is 6.10 Å². The van der Waals surface area contributed by atoms with Crippen molar-refractivity contribution in [3.8, 4) is 18.1 Å². The van der Waals surface area contributed by atoms with E-state index in [1.54, 1.807) is 19.1 Å². The zero-order chi connectivity index (χ0) is 15.0. The summed E-state index contributed by atoms with van der Waals surface area (Å²) >= 11 is 0. The van der Waals surface area contributed by atoms with E-state index in [2.05, 4.69) is 5.92 Å². The number of esters is 2. The lowest BCUT2D eigenvalue weighted by atomic mass is 10.2. The van der Waals surface area contributed by atoms with Gasteiger partial charge in [-0.05, 0) is 31.0 Å². The predicted octanol–water partition coefficient (Wildman–Crippen LogP) is 2.50. The summed E-state index contributed by atoms with van der Waals surface area (Å²) in [7, 11) is 0. The first-order chi connectivity index (χ1) is 9.55. The second kappa shape index (κ2) is 8.00. The van der Waals surface area contributed by atoms with Crippen molar-refractivity contribution in [2.45, 2.75) is 39.2 Å². The van der Waals surface area contributed by atoms with E-state index in [-0.39, 0.29) is 12.8 Å². The Morgan fingerprint density at radius 3 is 2.65 bits per heavy atom. The van der Waals surface area contributed by atoms with E-state index in [9.17, 15) is 9.59 Å². The molecule has 0 fully saturated rings. The summed E-state index contributed by atoms with van der Waals surface area (Å²) in [6.45, 7) is 3.61. The number of terminal acetylenes is 1. The van der Waals surface area contributed by atoms with E-state index in [0.717, 1.165) is 12.0 Å². The second-order valence-corrected chi connectivity index (χ2v) is 4.27. The van der Waals surface area contributed by atoms with Gasteiger partial charge in [-0.25, -0.2) is 0 Å². The van der Waals surface area contributed by atoms with Crippen LogP contribution >= 0.6 is 0 Å². The van der Waals surface area contributed by atoms with E-state index in [1.807, 2.05) is 19.1 Å². The fraction of sp³-hybridized carbons (Fsp3) is 0.375. The lowest BCUT2D eigenvalue weighted by molar-refractivity contribution is -0.148. The van der Waals surface area contributed by atoms with Gasteiger partial charge in [0.25, 0.3) is 0 Å². The molecule has 4 heteroatoms. The summed E-state index contributed by atoms with van der Waals surface area (Å²) in [5.74, 6) is 1.79. The van der Waals surface area contributed by atoms with Crippen LogP contribution in [0.5, 0.6) is 5.75 Å². The van der Waals surface area contributed by atoms with Crippen LogP contribution in [0.3, 0.4) is 0 Å². The van der Waals surface area contributed by atoms with Crippen molar-refractivity contribution < 1.29 is 19.1 Å². The van der Waals surface area contributed by atoms with Crippen LogP contribution in [0.25, 0.3) is 0 Å². The Labute approximate surface area is 119 Å². The lowest BCUT2D eigenvalue weighted by Gasteiger charge is -2.07. The molecule has 0 spiro atoms. The van der Waals surface area contributed by atoms with E-state index >= 15 is 0 Å². The molecule has 0 bridgehead atoms. The van der Waals surface area contributed by atoms with E-state index in [4.69, 9.17) is 15.9 Å². The Hall–Kier alpha value is -2.28. The molecule has 0 heterocycles. The van der Waals surface area contributed by atoms with Crippen molar-refractivity contribution in [3.05, 3.63) is 29.8 Å². The van der Waals surface area contributed by atoms with Crippen LogP contribution in [0, 0.1) is 12.3 Å². The van der Waals surface area contributed by atoms with Crippen LogP contribution in [-0.4, -0.2) is 18.0 Å². The molecule has 1 aromatic carbocycles. The van der Waals surface area contributed by atoms with Crippen molar-refractivity contribution in [1.82, 2.24) is 0 Å². The van der Waals surface area contributed by atoms with Gasteiger partial charge in [-0.3, -0.25) is 9.59 Å². The first-order valence-corrected chi connectivity index (χ1v) is 6.50. The molecule has 0 aliphatic heterocycles. The number of carbonyl (C=O) groups is 2. The standard InChI is InChI=1S/C16H18O4/c1-4-12(3)19-15(17)9-10-16(18)20-14-8-6-7-13(5-2)11-14/h1,6-8,11-12H,5,9-10H2,2-3H3. The molecule has 106 valence electrons. The highest BCUT2D eigenvalue weighted by Crippen LogP contribution is 2.14. The maximum absolute atomic E-state index is 11.6. The molecule has 0 saturated carbocycles. The molecule has 1 unspecified atom stereocenters. The van der Waals surface area contributed by atoms with Gasteiger partial charge in [0, 0.05) is 0 Å². The Balaban J connectivity index is 2.40. The summed E-state index contributed by atoms with van der Waals surface area (Å²) in [5, 5.41) is 0. The highest BCUT2D eigenvalue weighted by atomic mass is 16.5. The first kappa shape index (κ1) is 15.8. The molecule has 0 aromatic heterocycles. The van der Waals surface area contributed by atoms with Crippen molar-refractivity contribution in [2.75, 3.05) is 0 Å². The van der Waals surface area contributed by atoms with E-state index in [0.29, 0.717) is 5.75 Å². The fourth-order valence-corrected chi connectivity index (χ4v) is 1.51. The minimum Gasteiger partial charge on any atom is -0.449 e. The highest BCUT2D eigenvalue weighted by molar-refractivity contribution is 5.79. The molecule has 1 rings (SSSR count). The van der Waals surface area contributed by atoms with Gasteiger partial charge in [-0.15, -0.1) is 6.42 Å². The minimum absolute atomic E-state index is 0.0352. The van der Waals surface area contributed by atoms with E-state index in [1.165, 1.54) is 0 Å². The maximum Gasteiger partial charge on any atom is 0.311 e. The van der Waals surface area contributed by atoms with E-state index < -0.39 is 18.0 Å². The van der Waals surface area contributed by atoms with Gasteiger partial charge in [-0.2, -0.15) is 0 Å². The van der Waals surface area contributed by atoms with Crippen molar-refractivity contribution in [2.24, 2.45) is 0 Å². The summed E-state index contributed by atoms with van der Waals surface area (Å²) in [6.07, 6.45) is 5.29. The average molecular weight is 274 g/mol. The molecule has 0 aliphatic carbocycles.